The molecule has 0 fully saturated rings. The van der Waals surface area contributed by atoms with E-state index in [1.807, 2.05) is 0 Å². The maximum absolute atomic E-state index is 4.77. The van der Waals surface area contributed by atoms with Crippen molar-refractivity contribution in [3.63, 3.8) is 0 Å². The Morgan fingerprint density at radius 1 is 0.833 bits per heavy atom. The van der Waals surface area contributed by atoms with E-state index in [4.69, 9.17) is 9.97 Å². The minimum atomic E-state index is 0.0464. The summed E-state index contributed by atoms with van der Waals surface area (Å²) in [5, 5.41) is 7.29. The van der Waals surface area contributed by atoms with Gasteiger partial charge in [-0.25, -0.2) is 9.97 Å². The van der Waals surface area contributed by atoms with E-state index in [1.54, 1.807) is 29.0 Å². The molecule has 0 spiro atoms. The lowest BCUT2D eigenvalue weighted by Crippen LogP contribution is -2.12. The quantitative estimate of drug-likeness (QED) is 0.266. The maximum Gasteiger partial charge on any atom is 0.116 e. The summed E-state index contributed by atoms with van der Waals surface area (Å²) in [5.41, 5.74) is 4.66. The first-order valence-electron chi connectivity index (χ1n) is 10.1. The van der Waals surface area contributed by atoms with Crippen LogP contribution in [0.5, 0.6) is 0 Å². The maximum atomic E-state index is 4.77. The number of rotatable bonds is 1. The van der Waals surface area contributed by atoms with Crippen molar-refractivity contribution in [2.45, 2.75) is 26.2 Å². The average Bonchev–Trinajstić information content (AvgIpc) is 3.35. The molecule has 6 aromatic rings. The van der Waals surface area contributed by atoms with E-state index in [0.29, 0.717) is 0 Å². The monoisotopic (exact) mass is 424 g/mol. The highest BCUT2D eigenvalue weighted by Gasteiger charge is 2.20. The molecule has 3 aromatic carbocycles. The van der Waals surface area contributed by atoms with Crippen molar-refractivity contribution in [1.82, 2.24) is 9.97 Å². The molecule has 4 heteroatoms. The Bertz CT molecular complexity index is 1580. The van der Waals surface area contributed by atoms with Gasteiger partial charge >= 0.3 is 0 Å². The van der Waals surface area contributed by atoms with E-state index < -0.39 is 0 Å². The van der Waals surface area contributed by atoms with Gasteiger partial charge in [0, 0.05) is 25.7 Å². The summed E-state index contributed by atoms with van der Waals surface area (Å²) in [4.78, 5) is 9.49. The third-order valence-electron chi connectivity index (χ3n) is 5.79. The van der Waals surface area contributed by atoms with Gasteiger partial charge in [-0.2, -0.15) is 0 Å². The van der Waals surface area contributed by atoms with Crippen molar-refractivity contribution in [2.24, 2.45) is 0 Å². The molecule has 3 aromatic heterocycles. The molecular weight excluding hydrogens is 404 g/mol. The normalized spacial score (nSPS) is 12.5. The summed E-state index contributed by atoms with van der Waals surface area (Å²) in [6, 6.07) is 19.9. The van der Waals surface area contributed by atoms with Gasteiger partial charge in [-0.3, -0.25) is 0 Å². The molecule has 146 valence electrons. The van der Waals surface area contributed by atoms with Gasteiger partial charge < -0.3 is 0 Å². The zero-order chi connectivity index (χ0) is 20.5. The number of benzene rings is 3. The molecule has 0 unspecified atom stereocenters. The summed E-state index contributed by atoms with van der Waals surface area (Å²) < 4.78 is 3.75. The van der Waals surface area contributed by atoms with Gasteiger partial charge in [-0.15, -0.1) is 22.7 Å². The summed E-state index contributed by atoms with van der Waals surface area (Å²) in [7, 11) is 0. The molecular formula is C26H20N2S2. The lowest BCUT2D eigenvalue weighted by atomic mass is 9.82. The standard InChI is InChI=1S/C26H20N2S2/c1-26(2,3)19-13-16(12-15-6-4-5-7-17(15)19)23-25-24(28-14-27-23)22-18-10-11-29-20(18)8-9-21(22)30-25/h4-14H,1-3H3. The van der Waals surface area contributed by atoms with Crippen LogP contribution in [0.2, 0.25) is 0 Å². The molecule has 2 nitrogen and oxygen atoms in total. The second-order valence-electron chi connectivity index (χ2n) is 8.77. The minimum absolute atomic E-state index is 0.0464. The molecule has 30 heavy (non-hydrogen) atoms. The minimum Gasteiger partial charge on any atom is -0.235 e. The van der Waals surface area contributed by atoms with Crippen LogP contribution in [0.4, 0.5) is 0 Å². The molecule has 0 aliphatic rings. The molecule has 0 saturated carbocycles. The van der Waals surface area contributed by atoms with Gasteiger partial charge in [0.25, 0.3) is 0 Å². The molecule has 0 bridgehead atoms. The molecule has 0 aliphatic carbocycles. The first-order valence-corrected chi connectivity index (χ1v) is 11.8. The van der Waals surface area contributed by atoms with Crippen molar-refractivity contribution < 1.29 is 0 Å². The average molecular weight is 425 g/mol. The molecule has 6 rings (SSSR count). The van der Waals surface area contributed by atoms with Crippen LogP contribution in [-0.2, 0) is 5.41 Å². The fraction of sp³-hybridized carbons (Fsp3) is 0.154. The smallest absolute Gasteiger partial charge is 0.116 e. The van der Waals surface area contributed by atoms with Crippen molar-refractivity contribution >= 4 is 63.8 Å². The number of hydrogen-bond acceptors (Lipinski definition) is 4. The lowest BCUT2D eigenvalue weighted by Gasteiger charge is -2.22. The Morgan fingerprint density at radius 2 is 1.67 bits per heavy atom. The number of fused-ring (bicyclic) bond motifs is 6. The molecule has 0 radical (unpaired) electrons. The van der Waals surface area contributed by atoms with Crippen molar-refractivity contribution in [1.29, 1.82) is 0 Å². The van der Waals surface area contributed by atoms with E-state index in [-0.39, 0.29) is 5.41 Å². The third-order valence-corrected chi connectivity index (χ3v) is 7.83. The van der Waals surface area contributed by atoms with Gasteiger partial charge in [0.05, 0.1) is 15.9 Å². The SMILES string of the molecule is CC(C)(C)c1cc(-c2ncnc3c2sc2ccc4sccc4c23)cc2ccccc12. The van der Waals surface area contributed by atoms with Crippen LogP contribution in [-0.4, -0.2) is 9.97 Å². The first-order chi connectivity index (χ1) is 14.5. The fourth-order valence-electron chi connectivity index (χ4n) is 4.39. The predicted octanol–water partition coefficient (Wildman–Crippen LogP) is 8.18. The highest BCUT2D eigenvalue weighted by atomic mass is 32.1. The third kappa shape index (κ3) is 2.60. The second-order valence-corrected chi connectivity index (χ2v) is 10.8. The zero-order valence-electron chi connectivity index (χ0n) is 17.1. The van der Waals surface area contributed by atoms with E-state index in [1.165, 1.54) is 46.8 Å². The van der Waals surface area contributed by atoms with E-state index in [9.17, 15) is 0 Å². The summed E-state index contributed by atoms with van der Waals surface area (Å²) in [6.45, 7) is 6.84. The Hall–Kier alpha value is -2.82. The lowest BCUT2D eigenvalue weighted by molar-refractivity contribution is 0.596. The number of hydrogen-bond donors (Lipinski definition) is 0. The molecule has 0 aliphatic heterocycles. The fourth-order valence-corrected chi connectivity index (χ4v) is 6.36. The van der Waals surface area contributed by atoms with Crippen LogP contribution in [0.25, 0.3) is 52.4 Å². The van der Waals surface area contributed by atoms with Gasteiger partial charge in [0.15, 0.2) is 0 Å². The molecule has 0 atom stereocenters. The van der Waals surface area contributed by atoms with E-state index >= 15 is 0 Å². The molecule has 3 heterocycles. The van der Waals surface area contributed by atoms with Crippen LogP contribution >= 0.6 is 22.7 Å². The Kier molecular flexibility index (Phi) is 3.80. The zero-order valence-corrected chi connectivity index (χ0v) is 18.7. The van der Waals surface area contributed by atoms with Crippen LogP contribution in [0.3, 0.4) is 0 Å². The van der Waals surface area contributed by atoms with Crippen LogP contribution in [0.15, 0.2) is 66.3 Å². The van der Waals surface area contributed by atoms with Crippen LogP contribution in [0.1, 0.15) is 26.3 Å². The van der Waals surface area contributed by atoms with Gasteiger partial charge in [0.1, 0.15) is 6.33 Å². The molecule has 0 saturated heterocycles. The van der Waals surface area contributed by atoms with Gasteiger partial charge in [-0.05, 0) is 57.5 Å². The number of thiophene rings is 2. The Morgan fingerprint density at radius 3 is 2.53 bits per heavy atom. The number of aromatic nitrogens is 2. The largest absolute Gasteiger partial charge is 0.235 e. The molecule has 0 amide bonds. The van der Waals surface area contributed by atoms with E-state index in [2.05, 4.69) is 80.7 Å². The van der Waals surface area contributed by atoms with Gasteiger partial charge in [0.2, 0.25) is 0 Å². The molecule has 0 N–H and O–H groups in total. The van der Waals surface area contributed by atoms with Crippen molar-refractivity contribution in [2.75, 3.05) is 0 Å². The topological polar surface area (TPSA) is 25.8 Å². The highest BCUT2D eigenvalue weighted by Crippen LogP contribution is 2.43. The highest BCUT2D eigenvalue weighted by molar-refractivity contribution is 7.26. The van der Waals surface area contributed by atoms with Crippen molar-refractivity contribution in [3.8, 4) is 11.3 Å². The van der Waals surface area contributed by atoms with Crippen LogP contribution < -0.4 is 0 Å². The first kappa shape index (κ1) is 18.0. The Balaban J connectivity index is 1.71. The summed E-state index contributed by atoms with van der Waals surface area (Å²) in [6.07, 6.45) is 1.72. The van der Waals surface area contributed by atoms with Crippen LogP contribution in [0, 0.1) is 0 Å². The van der Waals surface area contributed by atoms with Gasteiger partial charge in [-0.1, -0.05) is 45.0 Å². The van der Waals surface area contributed by atoms with E-state index in [0.717, 1.165) is 11.2 Å². The summed E-state index contributed by atoms with van der Waals surface area (Å²) >= 11 is 3.58. The number of nitrogens with zero attached hydrogens (tertiary/aromatic N) is 2. The predicted molar refractivity (Wildman–Crippen MR) is 132 cm³/mol. The van der Waals surface area contributed by atoms with Crippen molar-refractivity contribution in [3.05, 3.63) is 71.9 Å². The second kappa shape index (κ2) is 6.34. The summed E-state index contributed by atoms with van der Waals surface area (Å²) in [5.74, 6) is 0. The Labute approximate surface area is 182 Å².